The highest BCUT2D eigenvalue weighted by atomic mass is 16.5. The van der Waals surface area contributed by atoms with Crippen molar-refractivity contribution in [3.8, 4) is 5.75 Å². The van der Waals surface area contributed by atoms with Crippen molar-refractivity contribution in [3.05, 3.63) is 55.1 Å². The number of ether oxygens (including phenoxy) is 1. The van der Waals surface area contributed by atoms with Crippen LogP contribution in [0.3, 0.4) is 0 Å². The second kappa shape index (κ2) is 3.96. The Labute approximate surface area is 87.8 Å². The van der Waals surface area contributed by atoms with Crippen LogP contribution in [0.25, 0.3) is 10.8 Å². The van der Waals surface area contributed by atoms with Gasteiger partial charge in [-0.05, 0) is 11.5 Å². The minimum absolute atomic E-state index is 0.439. The molecule has 0 unspecified atom stereocenters. The van der Waals surface area contributed by atoms with Gasteiger partial charge in [-0.25, -0.2) is 4.79 Å². The van der Waals surface area contributed by atoms with Crippen LogP contribution in [0.2, 0.25) is 0 Å². The summed E-state index contributed by atoms with van der Waals surface area (Å²) < 4.78 is 5.12. The van der Waals surface area contributed by atoms with Crippen LogP contribution in [0.5, 0.6) is 5.75 Å². The summed E-state index contributed by atoms with van der Waals surface area (Å²) in [6.07, 6.45) is 1.15. The molecule has 0 bridgehead atoms. The Kier molecular flexibility index (Phi) is 2.50. The molecule has 15 heavy (non-hydrogen) atoms. The quantitative estimate of drug-likeness (QED) is 0.421. The number of fused-ring (bicyclic) bond motifs is 1. The van der Waals surface area contributed by atoms with Gasteiger partial charge < -0.3 is 4.74 Å². The highest BCUT2D eigenvalue weighted by molar-refractivity contribution is 5.92. The standard InChI is InChI=1S/C13H10O2/c1-2-13(14)15-12-9-5-7-10-6-3-4-8-11(10)12/h2-9H,1H2. The average Bonchev–Trinajstić information content (AvgIpc) is 2.29. The molecular weight excluding hydrogens is 188 g/mol. The van der Waals surface area contributed by atoms with Crippen molar-refractivity contribution in [1.82, 2.24) is 0 Å². The lowest BCUT2D eigenvalue weighted by atomic mass is 10.1. The zero-order valence-electron chi connectivity index (χ0n) is 8.14. The molecule has 2 rings (SSSR count). The maximum atomic E-state index is 11.1. The predicted octanol–water partition coefficient (Wildman–Crippen LogP) is 2.93. The van der Waals surface area contributed by atoms with Gasteiger partial charge in [-0.3, -0.25) is 0 Å². The fourth-order valence-corrected chi connectivity index (χ4v) is 1.43. The fraction of sp³-hybridized carbons (Fsp3) is 0. The number of carbonyl (C=O) groups is 1. The lowest BCUT2D eigenvalue weighted by Crippen LogP contribution is -2.03. The third kappa shape index (κ3) is 1.89. The molecule has 0 aliphatic carbocycles. The number of benzene rings is 2. The van der Waals surface area contributed by atoms with Gasteiger partial charge in [-0.15, -0.1) is 0 Å². The van der Waals surface area contributed by atoms with Gasteiger partial charge in [0.2, 0.25) is 0 Å². The largest absolute Gasteiger partial charge is 0.423 e. The summed E-state index contributed by atoms with van der Waals surface area (Å²) in [5.41, 5.74) is 0. The zero-order valence-corrected chi connectivity index (χ0v) is 8.14. The summed E-state index contributed by atoms with van der Waals surface area (Å²) in [6, 6.07) is 13.3. The smallest absolute Gasteiger partial charge is 0.335 e. The Morgan fingerprint density at radius 3 is 2.67 bits per heavy atom. The molecule has 2 aromatic rings. The maximum Gasteiger partial charge on any atom is 0.335 e. The molecule has 0 amide bonds. The van der Waals surface area contributed by atoms with E-state index in [1.54, 1.807) is 6.07 Å². The third-order valence-corrected chi connectivity index (χ3v) is 2.13. The van der Waals surface area contributed by atoms with Crippen molar-refractivity contribution < 1.29 is 9.53 Å². The van der Waals surface area contributed by atoms with Crippen LogP contribution in [0.4, 0.5) is 0 Å². The number of hydrogen-bond acceptors (Lipinski definition) is 2. The third-order valence-electron chi connectivity index (χ3n) is 2.13. The maximum absolute atomic E-state index is 11.1. The minimum atomic E-state index is -0.439. The van der Waals surface area contributed by atoms with Crippen LogP contribution in [-0.2, 0) is 4.79 Å². The molecule has 0 heterocycles. The first-order chi connectivity index (χ1) is 7.31. The summed E-state index contributed by atoms with van der Waals surface area (Å²) in [5.74, 6) is 0.129. The molecule has 0 aliphatic heterocycles. The summed E-state index contributed by atoms with van der Waals surface area (Å²) in [4.78, 5) is 11.1. The van der Waals surface area contributed by atoms with Crippen LogP contribution in [0.15, 0.2) is 55.1 Å². The summed E-state index contributed by atoms with van der Waals surface area (Å²) in [6.45, 7) is 3.36. The van der Waals surface area contributed by atoms with E-state index in [1.807, 2.05) is 36.4 Å². The summed E-state index contributed by atoms with van der Waals surface area (Å²) >= 11 is 0. The SMILES string of the molecule is C=CC(=O)Oc1cccc2ccccc12. The molecule has 0 atom stereocenters. The lowest BCUT2D eigenvalue weighted by Gasteiger charge is -2.05. The van der Waals surface area contributed by atoms with Gasteiger partial charge in [0.05, 0.1) is 0 Å². The van der Waals surface area contributed by atoms with E-state index in [4.69, 9.17) is 4.74 Å². The molecule has 2 aromatic carbocycles. The predicted molar refractivity (Wildman–Crippen MR) is 59.8 cm³/mol. The van der Waals surface area contributed by atoms with Crippen LogP contribution in [-0.4, -0.2) is 5.97 Å². The number of hydrogen-bond donors (Lipinski definition) is 0. The second-order valence-corrected chi connectivity index (χ2v) is 3.10. The van der Waals surface area contributed by atoms with Gasteiger partial charge >= 0.3 is 5.97 Å². The number of carbonyl (C=O) groups excluding carboxylic acids is 1. The van der Waals surface area contributed by atoms with Gasteiger partial charge in [0.1, 0.15) is 5.75 Å². The molecule has 0 N–H and O–H groups in total. The molecule has 0 spiro atoms. The van der Waals surface area contributed by atoms with E-state index in [-0.39, 0.29) is 0 Å². The van der Waals surface area contributed by atoms with Crippen molar-refractivity contribution in [3.63, 3.8) is 0 Å². The van der Waals surface area contributed by atoms with Crippen molar-refractivity contribution >= 4 is 16.7 Å². The Morgan fingerprint density at radius 1 is 1.13 bits per heavy atom. The number of esters is 1. The van der Waals surface area contributed by atoms with E-state index in [1.165, 1.54) is 0 Å². The van der Waals surface area contributed by atoms with Crippen molar-refractivity contribution in [2.24, 2.45) is 0 Å². The molecule has 74 valence electrons. The normalized spacial score (nSPS) is 9.87. The molecular formula is C13H10O2. The van der Waals surface area contributed by atoms with E-state index in [0.29, 0.717) is 5.75 Å². The van der Waals surface area contributed by atoms with E-state index < -0.39 is 5.97 Å². The Hall–Kier alpha value is -2.09. The van der Waals surface area contributed by atoms with Crippen molar-refractivity contribution in [2.45, 2.75) is 0 Å². The highest BCUT2D eigenvalue weighted by Gasteiger charge is 2.03. The first kappa shape index (κ1) is 9.46. The second-order valence-electron chi connectivity index (χ2n) is 3.10. The minimum Gasteiger partial charge on any atom is -0.423 e. The van der Waals surface area contributed by atoms with E-state index in [2.05, 4.69) is 6.58 Å². The van der Waals surface area contributed by atoms with Crippen LogP contribution < -0.4 is 4.74 Å². The Balaban J connectivity index is 2.51. The average molecular weight is 198 g/mol. The fourth-order valence-electron chi connectivity index (χ4n) is 1.43. The van der Waals surface area contributed by atoms with Gasteiger partial charge in [0.25, 0.3) is 0 Å². The van der Waals surface area contributed by atoms with Crippen LogP contribution in [0.1, 0.15) is 0 Å². The summed E-state index contributed by atoms with van der Waals surface area (Å²) in [7, 11) is 0. The van der Waals surface area contributed by atoms with Crippen LogP contribution in [0, 0.1) is 0 Å². The molecule has 2 heteroatoms. The van der Waals surface area contributed by atoms with E-state index >= 15 is 0 Å². The van der Waals surface area contributed by atoms with Gasteiger partial charge in [-0.2, -0.15) is 0 Å². The highest BCUT2D eigenvalue weighted by Crippen LogP contribution is 2.25. The number of rotatable bonds is 2. The monoisotopic (exact) mass is 198 g/mol. The van der Waals surface area contributed by atoms with E-state index in [0.717, 1.165) is 16.8 Å². The molecule has 0 radical (unpaired) electrons. The molecule has 0 aromatic heterocycles. The van der Waals surface area contributed by atoms with E-state index in [9.17, 15) is 4.79 Å². The van der Waals surface area contributed by atoms with Gasteiger partial charge in [0.15, 0.2) is 0 Å². The zero-order chi connectivity index (χ0) is 10.7. The molecule has 0 fully saturated rings. The summed E-state index contributed by atoms with van der Waals surface area (Å²) in [5, 5.41) is 1.97. The van der Waals surface area contributed by atoms with Crippen molar-refractivity contribution in [2.75, 3.05) is 0 Å². The lowest BCUT2D eigenvalue weighted by molar-refractivity contribution is -0.128. The van der Waals surface area contributed by atoms with Gasteiger partial charge in [-0.1, -0.05) is 43.0 Å². The molecule has 2 nitrogen and oxygen atoms in total. The van der Waals surface area contributed by atoms with Crippen LogP contribution >= 0.6 is 0 Å². The van der Waals surface area contributed by atoms with Gasteiger partial charge in [0, 0.05) is 11.5 Å². The topological polar surface area (TPSA) is 26.3 Å². The first-order valence-electron chi connectivity index (χ1n) is 4.63. The Bertz CT molecular complexity index is 509. The molecule has 0 aliphatic rings. The molecule has 0 saturated carbocycles. The molecule has 0 saturated heterocycles. The Morgan fingerprint density at radius 2 is 1.87 bits per heavy atom. The first-order valence-corrected chi connectivity index (χ1v) is 4.63. The van der Waals surface area contributed by atoms with Crippen molar-refractivity contribution in [1.29, 1.82) is 0 Å².